The molecule has 0 N–H and O–H groups in total. The molecule has 1 aliphatic rings. The van der Waals surface area contributed by atoms with E-state index in [1.54, 1.807) is 5.20 Å². The van der Waals surface area contributed by atoms with Gasteiger partial charge in [0.2, 0.25) is 0 Å². The van der Waals surface area contributed by atoms with Gasteiger partial charge in [0.05, 0.1) is 0 Å². The van der Waals surface area contributed by atoms with E-state index in [2.05, 4.69) is 74.9 Å². The van der Waals surface area contributed by atoms with E-state index in [0.717, 1.165) is 0 Å². The van der Waals surface area contributed by atoms with Crippen molar-refractivity contribution in [2.45, 2.75) is 43.0 Å². The van der Waals surface area contributed by atoms with Gasteiger partial charge in [-0.1, -0.05) is 0 Å². The number of hydrogen-bond donors (Lipinski definition) is 0. The second kappa shape index (κ2) is 5.81. The van der Waals surface area contributed by atoms with E-state index in [1.165, 1.54) is 0 Å². The molecule has 0 aromatic carbocycles. The molecule has 0 saturated heterocycles. The van der Waals surface area contributed by atoms with Crippen LogP contribution in [-0.4, -0.2) is 16.1 Å². The fraction of sp³-hybridized carbons (Fsp3) is 0.636. The molecule has 0 heterocycles. The zero-order valence-electron chi connectivity index (χ0n) is 10.9. The van der Waals surface area contributed by atoms with Crippen LogP contribution in [0.15, 0.2) is 23.4 Å². The van der Waals surface area contributed by atoms with Crippen LogP contribution in [0.2, 0.25) is 43.0 Å². The predicted molar refractivity (Wildman–Crippen MR) is 66.6 cm³/mol. The van der Waals surface area contributed by atoms with Crippen LogP contribution in [0, 0.1) is 0 Å². The molecule has 0 amide bonds. The summed E-state index contributed by atoms with van der Waals surface area (Å²) in [5.74, 6) is 0. The van der Waals surface area contributed by atoms with E-state index in [1.807, 2.05) is 0 Å². The molecule has 0 aromatic rings. The Morgan fingerprint density at radius 2 is 1.44 bits per heavy atom. The van der Waals surface area contributed by atoms with Gasteiger partial charge in [-0.3, -0.25) is 0 Å². The first-order chi connectivity index (χ1) is 6.06. The monoisotopic (exact) mass is 330 g/mol. The van der Waals surface area contributed by atoms with Crippen LogP contribution in [0.3, 0.4) is 0 Å². The molecular formula is C11H21Cl2Si2V. The van der Waals surface area contributed by atoms with Gasteiger partial charge in [0.15, 0.2) is 0 Å². The first kappa shape index (κ1) is 19.4. The van der Waals surface area contributed by atoms with Crippen molar-refractivity contribution in [1.29, 1.82) is 0 Å². The normalized spacial score (nSPS) is 24.4. The minimum absolute atomic E-state index is 0. The molecular weight excluding hydrogens is 310 g/mol. The average molecular weight is 331 g/mol. The standard InChI is InChI=1S/C11H21Si2.2ClH.V/c1-12(2,3)10-7-8-11(9-10)13(4,5)6;;;/h7-9H,1-6H3;2*1H;/q;;;+2/p-2. The summed E-state index contributed by atoms with van der Waals surface area (Å²) in [5.41, 5.74) is 0. The maximum Gasteiger partial charge on any atom is -1.00 e. The third kappa shape index (κ3) is 4.08. The largest absolute Gasteiger partial charge is 1.00 e. The van der Waals surface area contributed by atoms with Gasteiger partial charge in [0.25, 0.3) is 0 Å². The van der Waals surface area contributed by atoms with Crippen molar-refractivity contribution in [3.8, 4) is 0 Å². The van der Waals surface area contributed by atoms with Crippen LogP contribution < -0.4 is 24.8 Å². The number of rotatable bonds is 2. The van der Waals surface area contributed by atoms with Crippen LogP contribution in [-0.2, 0) is 17.4 Å². The molecule has 0 fully saturated rings. The third-order valence-electron chi connectivity index (χ3n) is 2.96. The molecule has 92 valence electrons. The van der Waals surface area contributed by atoms with Crippen molar-refractivity contribution in [2.24, 2.45) is 0 Å². The van der Waals surface area contributed by atoms with Crippen LogP contribution in [0.5, 0.6) is 0 Å². The van der Waals surface area contributed by atoms with Crippen molar-refractivity contribution in [3.05, 3.63) is 23.4 Å². The van der Waals surface area contributed by atoms with Crippen molar-refractivity contribution in [2.75, 3.05) is 0 Å². The van der Waals surface area contributed by atoms with Crippen LogP contribution in [0.25, 0.3) is 0 Å². The number of allylic oxidation sites excluding steroid dienone is 4. The zero-order chi connectivity index (χ0) is 11.2. The fourth-order valence-corrected chi connectivity index (χ4v) is 4.57. The Balaban J connectivity index is 0. The Kier molecular flexibility index (Phi) is 7.05. The Morgan fingerprint density at radius 1 is 1.00 bits per heavy atom. The van der Waals surface area contributed by atoms with Gasteiger partial charge in [0.1, 0.15) is 0 Å². The Hall–Kier alpha value is 1.08. The first-order valence-corrected chi connectivity index (χ1v) is 12.9. The summed E-state index contributed by atoms with van der Waals surface area (Å²) in [6, 6.07) is 0. The molecule has 1 unspecified atom stereocenters. The molecule has 1 aliphatic carbocycles. The summed E-state index contributed by atoms with van der Waals surface area (Å²) in [4.78, 5) is 0. The molecule has 0 nitrogen and oxygen atoms in total. The SMILES string of the molecule is C[Si](C)(C)C1=C[C]([V+2])([Si](C)(C)C)C=C1.[Cl-].[Cl-]. The molecule has 1 atom stereocenters. The summed E-state index contributed by atoms with van der Waals surface area (Å²) in [7, 11) is -2.24. The van der Waals surface area contributed by atoms with Crippen LogP contribution in [0.4, 0.5) is 0 Å². The maximum atomic E-state index is 2.91. The van der Waals surface area contributed by atoms with Crippen LogP contribution in [0.1, 0.15) is 0 Å². The van der Waals surface area contributed by atoms with E-state index < -0.39 is 16.1 Å². The van der Waals surface area contributed by atoms with E-state index in [9.17, 15) is 0 Å². The Labute approximate surface area is 124 Å². The minimum Gasteiger partial charge on any atom is -1.00 e. The third-order valence-corrected chi connectivity index (χ3v) is 11.3. The van der Waals surface area contributed by atoms with Gasteiger partial charge in [-0.2, -0.15) is 0 Å². The summed E-state index contributed by atoms with van der Waals surface area (Å²) < 4.78 is 0.329. The topological polar surface area (TPSA) is 0 Å². The fourth-order valence-electron chi connectivity index (χ4n) is 1.48. The predicted octanol–water partition coefficient (Wildman–Crippen LogP) is -2.05. The summed E-state index contributed by atoms with van der Waals surface area (Å²) in [6.45, 7) is 14.6. The second-order valence-corrected chi connectivity index (χ2v) is 18.5. The molecule has 0 radical (unpaired) electrons. The number of halogens is 2. The Morgan fingerprint density at radius 3 is 1.62 bits per heavy atom. The van der Waals surface area contributed by atoms with E-state index in [-0.39, 0.29) is 24.8 Å². The average Bonchev–Trinajstić information content (AvgIpc) is 2.29. The smallest absolute Gasteiger partial charge is 1.00 e. The Bertz CT molecular complexity index is 300. The van der Waals surface area contributed by atoms with Crippen molar-refractivity contribution < 1.29 is 42.2 Å². The molecule has 0 aliphatic heterocycles. The van der Waals surface area contributed by atoms with Gasteiger partial charge in [0, 0.05) is 0 Å². The van der Waals surface area contributed by atoms with E-state index in [0.29, 0.717) is 3.75 Å². The van der Waals surface area contributed by atoms with Gasteiger partial charge >= 0.3 is 100 Å². The van der Waals surface area contributed by atoms with Gasteiger partial charge in [-0.25, -0.2) is 0 Å². The molecule has 1 rings (SSSR count). The molecule has 0 saturated carbocycles. The van der Waals surface area contributed by atoms with Gasteiger partial charge < -0.3 is 24.8 Å². The minimum atomic E-state index is -1.14. The zero-order valence-corrected chi connectivity index (χ0v) is 15.8. The van der Waals surface area contributed by atoms with Crippen molar-refractivity contribution in [1.82, 2.24) is 0 Å². The van der Waals surface area contributed by atoms with E-state index in [4.69, 9.17) is 0 Å². The van der Waals surface area contributed by atoms with Gasteiger partial charge in [-0.05, 0) is 0 Å². The van der Waals surface area contributed by atoms with Crippen molar-refractivity contribution in [3.63, 3.8) is 0 Å². The molecule has 16 heavy (non-hydrogen) atoms. The molecule has 0 aromatic heterocycles. The molecule has 0 bridgehead atoms. The molecule has 0 spiro atoms. The quantitative estimate of drug-likeness (QED) is 0.511. The number of hydrogen-bond acceptors (Lipinski definition) is 0. The van der Waals surface area contributed by atoms with Gasteiger partial charge in [-0.15, -0.1) is 0 Å². The van der Waals surface area contributed by atoms with Crippen molar-refractivity contribution >= 4 is 16.1 Å². The second-order valence-electron chi connectivity index (χ2n) is 6.26. The van der Waals surface area contributed by atoms with E-state index >= 15 is 0 Å². The summed E-state index contributed by atoms with van der Waals surface area (Å²) in [6.07, 6.45) is 7.33. The maximum absolute atomic E-state index is 2.91. The summed E-state index contributed by atoms with van der Waals surface area (Å²) in [5, 5.41) is 1.63. The van der Waals surface area contributed by atoms with Crippen LogP contribution >= 0.6 is 0 Å². The molecule has 5 heteroatoms. The first-order valence-electron chi connectivity index (χ1n) is 5.21. The summed E-state index contributed by atoms with van der Waals surface area (Å²) >= 11 is 2.91.